The number of benzene rings is 1. The number of amides is 1. The van der Waals surface area contributed by atoms with Gasteiger partial charge in [0.25, 0.3) is 0 Å². The van der Waals surface area contributed by atoms with Gasteiger partial charge >= 0.3 is 11.9 Å². The molecule has 0 saturated carbocycles. The van der Waals surface area contributed by atoms with Crippen LogP contribution in [0.15, 0.2) is 36.4 Å². The molecule has 4 unspecified atom stereocenters. The van der Waals surface area contributed by atoms with Crippen molar-refractivity contribution in [2.75, 3.05) is 18.1 Å². The number of rotatable bonds is 4. The molecule has 7 nitrogen and oxygen atoms in total. The first-order chi connectivity index (χ1) is 12.0. The fourth-order valence-electron chi connectivity index (χ4n) is 4.07. The van der Waals surface area contributed by atoms with Gasteiger partial charge in [0, 0.05) is 0 Å². The highest BCUT2D eigenvalue weighted by Gasteiger charge is 2.67. The van der Waals surface area contributed by atoms with Crippen LogP contribution in [0.2, 0.25) is 0 Å². The zero-order valence-electron chi connectivity index (χ0n) is 13.5. The Morgan fingerprint density at radius 2 is 2.16 bits per heavy atom. The third-order valence-electron chi connectivity index (χ3n) is 5.08. The number of aliphatic carboxylic acids is 1. The van der Waals surface area contributed by atoms with Gasteiger partial charge in [-0.05, 0) is 19.1 Å². The second-order valence-electron chi connectivity index (χ2n) is 6.40. The van der Waals surface area contributed by atoms with Crippen LogP contribution < -0.4 is 4.90 Å². The lowest BCUT2D eigenvalue weighted by molar-refractivity contribution is -0.146. The molecule has 1 N–H and O–H groups in total. The van der Waals surface area contributed by atoms with Crippen LogP contribution in [0.1, 0.15) is 17.3 Å². The van der Waals surface area contributed by atoms with Crippen LogP contribution in [0, 0.1) is 11.8 Å². The SMILES string of the molecule is CCOC(=O)c1ccccc1N1CC23C=CC(O2)C(C(=O)O)C3C1=O. The number of carbonyl (C=O) groups excluding carboxylic acids is 2. The summed E-state index contributed by atoms with van der Waals surface area (Å²) in [6, 6.07) is 6.67. The number of fused-ring (bicyclic) bond motifs is 1. The Morgan fingerprint density at radius 1 is 1.40 bits per heavy atom. The van der Waals surface area contributed by atoms with E-state index >= 15 is 0 Å². The van der Waals surface area contributed by atoms with Gasteiger partial charge in [0.15, 0.2) is 0 Å². The number of hydrogen-bond acceptors (Lipinski definition) is 5. The van der Waals surface area contributed by atoms with E-state index in [9.17, 15) is 19.5 Å². The fraction of sp³-hybridized carbons (Fsp3) is 0.389. The van der Waals surface area contributed by atoms with Crippen LogP contribution in [0.5, 0.6) is 0 Å². The molecule has 3 aliphatic rings. The lowest BCUT2D eigenvalue weighted by atomic mass is 9.77. The van der Waals surface area contributed by atoms with Crippen LogP contribution in [-0.2, 0) is 19.1 Å². The average Bonchev–Trinajstić information content (AvgIpc) is 3.23. The first-order valence-corrected chi connectivity index (χ1v) is 8.16. The molecular formula is C18H17NO6. The molecule has 0 aromatic heterocycles. The van der Waals surface area contributed by atoms with Crippen LogP contribution in [0.3, 0.4) is 0 Å². The van der Waals surface area contributed by atoms with Crippen molar-refractivity contribution in [3.05, 3.63) is 42.0 Å². The second-order valence-corrected chi connectivity index (χ2v) is 6.40. The highest BCUT2D eigenvalue weighted by atomic mass is 16.5. The first-order valence-electron chi connectivity index (χ1n) is 8.16. The number of ether oxygens (including phenoxy) is 2. The Bertz CT molecular complexity index is 803. The Kier molecular flexibility index (Phi) is 3.43. The van der Waals surface area contributed by atoms with Crippen molar-refractivity contribution in [1.29, 1.82) is 0 Å². The quantitative estimate of drug-likeness (QED) is 0.653. The second kappa shape index (κ2) is 5.42. The minimum atomic E-state index is -1.05. The summed E-state index contributed by atoms with van der Waals surface area (Å²) in [7, 11) is 0. The lowest BCUT2D eigenvalue weighted by Gasteiger charge is -2.22. The summed E-state index contributed by atoms with van der Waals surface area (Å²) in [5.41, 5.74) is -0.245. The summed E-state index contributed by atoms with van der Waals surface area (Å²) in [4.78, 5) is 38.3. The van der Waals surface area contributed by atoms with E-state index in [1.165, 1.54) is 4.90 Å². The standard InChI is InChI=1S/C18H17NO6/c1-2-24-17(23)10-5-3-4-6-11(10)19-9-18-8-7-12(25-18)13(16(21)22)14(18)15(19)20/h3-8,12-14H,2,9H2,1H3,(H,21,22). The van der Waals surface area contributed by atoms with Gasteiger partial charge in [0.05, 0.1) is 36.4 Å². The first kappa shape index (κ1) is 15.8. The summed E-state index contributed by atoms with van der Waals surface area (Å²) in [6.07, 6.45) is 2.92. The molecule has 7 heteroatoms. The van der Waals surface area contributed by atoms with Crippen molar-refractivity contribution in [1.82, 2.24) is 0 Å². The van der Waals surface area contributed by atoms with Crippen LogP contribution in [-0.4, -0.2) is 47.8 Å². The van der Waals surface area contributed by atoms with Gasteiger partial charge in [-0.15, -0.1) is 0 Å². The Hall–Kier alpha value is -2.67. The number of carbonyl (C=O) groups is 3. The van der Waals surface area contributed by atoms with Crippen molar-refractivity contribution in [3.63, 3.8) is 0 Å². The van der Waals surface area contributed by atoms with Crippen molar-refractivity contribution in [3.8, 4) is 0 Å². The zero-order valence-corrected chi connectivity index (χ0v) is 13.5. The highest BCUT2D eigenvalue weighted by molar-refractivity contribution is 6.07. The molecule has 4 rings (SSSR count). The highest BCUT2D eigenvalue weighted by Crippen LogP contribution is 2.52. The average molecular weight is 343 g/mol. The molecule has 0 aliphatic carbocycles. The summed E-state index contributed by atoms with van der Waals surface area (Å²) in [5, 5.41) is 9.51. The van der Waals surface area contributed by atoms with E-state index in [2.05, 4.69) is 0 Å². The van der Waals surface area contributed by atoms with Crippen molar-refractivity contribution >= 4 is 23.5 Å². The third kappa shape index (κ3) is 2.12. The molecule has 25 heavy (non-hydrogen) atoms. The molecule has 2 saturated heterocycles. The molecule has 3 aliphatic heterocycles. The maximum absolute atomic E-state index is 13.0. The van der Waals surface area contributed by atoms with Crippen LogP contribution in [0.4, 0.5) is 5.69 Å². The number of carboxylic acid groups (broad SMARTS) is 1. The molecule has 4 atom stereocenters. The minimum absolute atomic E-state index is 0.184. The number of hydrogen-bond donors (Lipinski definition) is 1. The van der Waals surface area contributed by atoms with Gasteiger partial charge in [0.1, 0.15) is 11.5 Å². The molecule has 1 spiro atoms. The smallest absolute Gasteiger partial charge is 0.340 e. The lowest BCUT2D eigenvalue weighted by Crippen LogP contribution is -2.39. The summed E-state index contributed by atoms with van der Waals surface area (Å²) < 4.78 is 10.9. The largest absolute Gasteiger partial charge is 0.481 e. The number of para-hydroxylation sites is 1. The van der Waals surface area contributed by atoms with Gasteiger partial charge in [-0.1, -0.05) is 24.3 Å². The van der Waals surface area contributed by atoms with E-state index in [1.807, 2.05) is 0 Å². The van der Waals surface area contributed by atoms with Crippen LogP contribution >= 0.6 is 0 Å². The minimum Gasteiger partial charge on any atom is -0.481 e. The molecular weight excluding hydrogens is 326 g/mol. The topological polar surface area (TPSA) is 93.1 Å². The molecule has 3 heterocycles. The van der Waals surface area contributed by atoms with E-state index < -0.39 is 35.5 Å². The predicted octanol–water partition coefficient (Wildman–Crippen LogP) is 1.23. The fourth-order valence-corrected chi connectivity index (χ4v) is 4.07. The van der Waals surface area contributed by atoms with Crippen molar-refractivity contribution in [2.24, 2.45) is 11.8 Å². The molecule has 0 radical (unpaired) electrons. The van der Waals surface area contributed by atoms with Gasteiger partial charge in [-0.25, -0.2) is 4.79 Å². The molecule has 1 aromatic carbocycles. The van der Waals surface area contributed by atoms with E-state index in [1.54, 1.807) is 43.3 Å². The van der Waals surface area contributed by atoms with E-state index in [4.69, 9.17) is 9.47 Å². The van der Waals surface area contributed by atoms with Gasteiger partial charge in [-0.2, -0.15) is 0 Å². The molecule has 1 amide bonds. The van der Waals surface area contributed by atoms with E-state index in [-0.39, 0.29) is 24.6 Å². The number of nitrogens with zero attached hydrogens (tertiary/aromatic N) is 1. The van der Waals surface area contributed by atoms with E-state index in [0.717, 1.165) is 0 Å². The van der Waals surface area contributed by atoms with Crippen molar-refractivity contribution < 1.29 is 29.0 Å². The normalized spacial score (nSPS) is 32.1. The Balaban J connectivity index is 1.73. The van der Waals surface area contributed by atoms with E-state index in [0.29, 0.717) is 5.69 Å². The number of esters is 1. The van der Waals surface area contributed by atoms with Gasteiger partial charge < -0.3 is 19.5 Å². The van der Waals surface area contributed by atoms with Gasteiger partial charge in [-0.3, -0.25) is 9.59 Å². The number of anilines is 1. The zero-order chi connectivity index (χ0) is 17.8. The predicted molar refractivity (Wildman–Crippen MR) is 86.1 cm³/mol. The summed E-state index contributed by atoms with van der Waals surface area (Å²) in [6.45, 7) is 2.12. The number of carboxylic acids is 1. The third-order valence-corrected chi connectivity index (χ3v) is 5.08. The molecule has 130 valence electrons. The summed E-state index contributed by atoms with van der Waals surface area (Å²) in [5.74, 6) is -3.59. The maximum atomic E-state index is 13.0. The monoisotopic (exact) mass is 343 g/mol. The molecule has 1 aromatic rings. The maximum Gasteiger partial charge on any atom is 0.340 e. The molecule has 2 bridgehead atoms. The summed E-state index contributed by atoms with van der Waals surface area (Å²) >= 11 is 0. The Morgan fingerprint density at radius 3 is 2.88 bits per heavy atom. The van der Waals surface area contributed by atoms with Gasteiger partial charge in [0.2, 0.25) is 5.91 Å². The Labute approximate surface area is 143 Å². The van der Waals surface area contributed by atoms with Crippen LogP contribution in [0.25, 0.3) is 0 Å². The van der Waals surface area contributed by atoms with Crippen molar-refractivity contribution in [2.45, 2.75) is 18.6 Å². The molecule has 2 fully saturated rings.